The number of piperazine rings is 1. The van der Waals surface area contributed by atoms with E-state index in [2.05, 4.69) is 70.3 Å². The molecule has 8 nitrogen and oxygen atoms in total. The van der Waals surface area contributed by atoms with Gasteiger partial charge in [-0.25, -0.2) is 9.97 Å². The molecule has 3 aromatic heterocycles. The molecule has 2 aliphatic heterocycles. The number of rotatable bonds is 7. The first-order valence-electron chi connectivity index (χ1n) is 14.9. The van der Waals surface area contributed by atoms with Gasteiger partial charge in [-0.15, -0.1) is 22.7 Å². The van der Waals surface area contributed by atoms with E-state index in [1.807, 2.05) is 30.5 Å². The number of thiophene rings is 1. The molecular weight excluding hydrogens is 575 g/mol. The van der Waals surface area contributed by atoms with Crippen LogP contribution < -0.4 is 26.2 Å². The van der Waals surface area contributed by atoms with Crippen LogP contribution in [0.25, 0.3) is 31.9 Å². The molecule has 0 radical (unpaired) electrons. The average Bonchev–Trinajstić information content (AvgIpc) is 3.62. The summed E-state index contributed by atoms with van der Waals surface area (Å²) in [7, 11) is 0. The average molecular weight is 610 g/mol. The normalized spacial score (nSPS) is 15.1. The second kappa shape index (κ2) is 12.0. The van der Waals surface area contributed by atoms with Crippen molar-refractivity contribution in [2.75, 3.05) is 48.3 Å². The maximum Gasteiger partial charge on any atom is 0.256 e. The van der Waals surface area contributed by atoms with Gasteiger partial charge in [-0.3, -0.25) is 4.79 Å². The molecule has 0 bridgehead atoms. The summed E-state index contributed by atoms with van der Waals surface area (Å²) in [4.78, 5) is 26.8. The van der Waals surface area contributed by atoms with E-state index in [9.17, 15) is 4.79 Å². The SMILES string of the molecule is CC(C)Nc1ccc(C(=O)Nc2sc3c(c2-c2nc4ccc(-c5ccc(N6CCNCC6)nc5)cc4s2)CCNC3)cc1. The molecule has 1 saturated heterocycles. The van der Waals surface area contributed by atoms with Gasteiger partial charge in [0.25, 0.3) is 5.91 Å². The molecule has 0 atom stereocenters. The van der Waals surface area contributed by atoms with Gasteiger partial charge in [0.05, 0.1) is 10.2 Å². The molecule has 7 rings (SSSR count). The highest BCUT2D eigenvalue weighted by Crippen LogP contribution is 2.45. The van der Waals surface area contributed by atoms with Crippen LogP contribution in [0, 0.1) is 0 Å². The summed E-state index contributed by atoms with van der Waals surface area (Å²) in [6.07, 6.45) is 2.89. The number of thiazole rings is 1. The highest BCUT2D eigenvalue weighted by atomic mass is 32.1. The smallest absolute Gasteiger partial charge is 0.256 e. The van der Waals surface area contributed by atoms with E-state index < -0.39 is 0 Å². The van der Waals surface area contributed by atoms with Crippen molar-refractivity contribution in [2.45, 2.75) is 32.9 Å². The quantitative estimate of drug-likeness (QED) is 0.174. The van der Waals surface area contributed by atoms with Crippen LogP contribution >= 0.6 is 22.7 Å². The molecule has 2 aliphatic rings. The van der Waals surface area contributed by atoms with Gasteiger partial charge in [0.2, 0.25) is 0 Å². The lowest BCUT2D eigenvalue weighted by Gasteiger charge is -2.28. The molecule has 1 fully saturated rings. The van der Waals surface area contributed by atoms with E-state index in [0.29, 0.717) is 11.6 Å². The number of aromatic nitrogens is 2. The van der Waals surface area contributed by atoms with Crippen LogP contribution in [0.3, 0.4) is 0 Å². The Balaban J connectivity index is 1.17. The number of fused-ring (bicyclic) bond motifs is 2. The molecule has 4 N–H and O–H groups in total. The van der Waals surface area contributed by atoms with Gasteiger partial charge < -0.3 is 26.2 Å². The molecule has 5 heterocycles. The summed E-state index contributed by atoms with van der Waals surface area (Å²) in [6.45, 7) is 9.87. The van der Waals surface area contributed by atoms with Crippen LogP contribution in [0.1, 0.15) is 34.6 Å². The third-order valence-electron chi connectivity index (χ3n) is 7.88. The van der Waals surface area contributed by atoms with E-state index in [1.54, 1.807) is 22.7 Å². The molecule has 5 aromatic rings. The molecule has 43 heavy (non-hydrogen) atoms. The topological polar surface area (TPSA) is 94.2 Å². The van der Waals surface area contributed by atoms with Crippen LogP contribution in [0.5, 0.6) is 0 Å². The zero-order valence-corrected chi connectivity index (χ0v) is 26.0. The predicted molar refractivity (Wildman–Crippen MR) is 180 cm³/mol. The Kier molecular flexibility index (Phi) is 7.83. The van der Waals surface area contributed by atoms with Gasteiger partial charge in [0, 0.05) is 72.2 Å². The molecule has 2 aromatic carbocycles. The Morgan fingerprint density at radius 1 is 0.953 bits per heavy atom. The minimum atomic E-state index is -0.107. The summed E-state index contributed by atoms with van der Waals surface area (Å²) in [5.74, 6) is 0.921. The number of pyridine rings is 1. The summed E-state index contributed by atoms with van der Waals surface area (Å²) in [5, 5.41) is 15.3. The summed E-state index contributed by atoms with van der Waals surface area (Å²) < 4.78 is 1.12. The molecule has 10 heteroatoms. The Hall–Kier alpha value is -3.83. The summed E-state index contributed by atoms with van der Waals surface area (Å²) in [5.41, 5.74) is 7.19. The largest absolute Gasteiger partial charge is 0.383 e. The van der Waals surface area contributed by atoms with Gasteiger partial charge in [-0.2, -0.15) is 0 Å². The Morgan fingerprint density at radius 3 is 2.53 bits per heavy atom. The maximum atomic E-state index is 13.4. The molecule has 0 aliphatic carbocycles. The van der Waals surface area contributed by atoms with Crippen molar-refractivity contribution in [1.29, 1.82) is 0 Å². The zero-order valence-electron chi connectivity index (χ0n) is 24.4. The van der Waals surface area contributed by atoms with Crippen molar-refractivity contribution < 1.29 is 4.79 Å². The van der Waals surface area contributed by atoms with E-state index in [-0.39, 0.29) is 5.91 Å². The first-order valence-corrected chi connectivity index (χ1v) is 16.5. The van der Waals surface area contributed by atoms with Crippen LogP contribution in [0.15, 0.2) is 60.8 Å². The van der Waals surface area contributed by atoms with Crippen molar-refractivity contribution in [3.05, 3.63) is 76.8 Å². The number of hydrogen-bond donors (Lipinski definition) is 4. The fourth-order valence-corrected chi connectivity index (χ4v) is 8.09. The number of anilines is 3. The number of carbonyl (C=O) groups is 1. The number of amides is 1. The molecule has 220 valence electrons. The number of benzene rings is 2. The summed E-state index contributed by atoms with van der Waals surface area (Å²) >= 11 is 3.35. The van der Waals surface area contributed by atoms with Gasteiger partial charge in [-0.05, 0) is 86.5 Å². The zero-order chi connectivity index (χ0) is 29.3. The highest BCUT2D eigenvalue weighted by molar-refractivity contribution is 7.23. The lowest BCUT2D eigenvalue weighted by molar-refractivity contribution is 0.102. The Labute approximate surface area is 259 Å². The third kappa shape index (κ3) is 5.88. The number of carbonyl (C=O) groups excluding carboxylic acids is 1. The Morgan fingerprint density at radius 2 is 1.77 bits per heavy atom. The van der Waals surface area contributed by atoms with Crippen molar-refractivity contribution in [1.82, 2.24) is 20.6 Å². The van der Waals surface area contributed by atoms with Gasteiger partial charge >= 0.3 is 0 Å². The number of nitrogens with one attached hydrogen (secondary N) is 4. The van der Waals surface area contributed by atoms with Crippen LogP contribution in [-0.2, 0) is 13.0 Å². The minimum absolute atomic E-state index is 0.107. The van der Waals surface area contributed by atoms with Gasteiger partial charge in [-0.1, -0.05) is 6.07 Å². The maximum absolute atomic E-state index is 13.4. The third-order valence-corrected chi connectivity index (χ3v) is 10.1. The highest BCUT2D eigenvalue weighted by Gasteiger charge is 2.25. The standard InChI is InChI=1S/C33H35N7OS2/c1-20(2)37-24-7-3-21(4-8-24)31(41)39-33-30(25-11-12-35-19-28(25)43-33)32-38-26-9-5-22(17-27(26)42-32)23-6-10-29(36-18-23)40-15-13-34-14-16-40/h3-10,17-18,20,34-35,37H,11-16,19H2,1-2H3,(H,39,41). The van der Waals surface area contributed by atoms with E-state index in [1.165, 1.54) is 10.4 Å². The van der Waals surface area contributed by atoms with Crippen LogP contribution in [0.2, 0.25) is 0 Å². The molecule has 0 saturated carbocycles. The minimum Gasteiger partial charge on any atom is -0.383 e. The Bertz CT molecular complexity index is 1750. The fourth-order valence-electron chi connectivity index (χ4n) is 5.72. The summed E-state index contributed by atoms with van der Waals surface area (Å²) in [6, 6.07) is 18.7. The second-order valence-corrected chi connectivity index (χ2v) is 13.4. The van der Waals surface area contributed by atoms with Crippen molar-refractivity contribution in [3.8, 4) is 21.7 Å². The van der Waals surface area contributed by atoms with Crippen molar-refractivity contribution in [2.24, 2.45) is 0 Å². The first-order chi connectivity index (χ1) is 21.0. The fraction of sp³-hybridized carbons (Fsp3) is 0.303. The first kappa shape index (κ1) is 28.0. The predicted octanol–water partition coefficient (Wildman–Crippen LogP) is 6.21. The monoisotopic (exact) mass is 609 g/mol. The van der Waals surface area contributed by atoms with Crippen LogP contribution in [0.4, 0.5) is 16.5 Å². The molecule has 0 spiro atoms. The number of nitrogens with zero attached hydrogens (tertiary/aromatic N) is 3. The lowest BCUT2D eigenvalue weighted by Crippen LogP contribution is -2.43. The van der Waals surface area contributed by atoms with Gasteiger partial charge in [0.15, 0.2) is 0 Å². The molecule has 1 amide bonds. The second-order valence-electron chi connectivity index (χ2n) is 11.3. The number of hydrogen-bond acceptors (Lipinski definition) is 9. The lowest BCUT2D eigenvalue weighted by atomic mass is 10.0. The molecular formula is C33H35N7OS2. The van der Waals surface area contributed by atoms with E-state index in [4.69, 9.17) is 9.97 Å². The van der Waals surface area contributed by atoms with Crippen molar-refractivity contribution >= 4 is 55.3 Å². The van der Waals surface area contributed by atoms with Crippen molar-refractivity contribution in [3.63, 3.8) is 0 Å². The molecule has 0 unspecified atom stereocenters. The van der Waals surface area contributed by atoms with Gasteiger partial charge in [0.1, 0.15) is 15.8 Å². The van der Waals surface area contributed by atoms with E-state index >= 15 is 0 Å². The van der Waals surface area contributed by atoms with E-state index in [0.717, 1.165) is 94.1 Å². The van der Waals surface area contributed by atoms with Crippen LogP contribution in [-0.4, -0.2) is 54.6 Å².